The third-order valence-electron chi connectivity index (χ3n) is 4.96. The van der Waals surface area contributed by atoms with Gasteiger partial charge in [-0.3, -0.25) is 9.59 Å². The van der Waals surface area contributed by atoms with Crippen molar-refractivity contribution in [3.8, 4) is 17.1 Å². The number of rotatable bonds is 8. The lowest BCUT2D eigenvalue weighted by Crippen LogP contribution is -2.34. The fourth-order valence-electron chi connectivity index (χ4n) is 3.24. The van der Waals surface area contributed by atoms with Crippen molar-refractivity contribution in [3.63, 3.8) is 0 Å². The van der Waals surface area contributed by atoms with Gasteiger partial charge in [0.15, 0.2) is 11.0 Å². The van der Waals surface area contributed by atoms with Gasteiger partial charge < -0.3 is 19.4 Å². The molecule has 1 heterocycles. The Balaban J connectivity index is 1.95. The highest BCUT2D eigenvalue weighted by Crippen LogP contribution is 2.26. The largest absolute Gasteiger partial charge is 0.497 e. The van der Waals surface area contributed by atoms with Gasteiger partial charge in [0.1, 0.15) is 11.5 Å². The van der Waals surface area contributed by atoms with Crippen molar-refractivity contribution < 1.29 is 13.9 Å². The molecule has 0 unspecified atom stereocenters. The summed E-state index contributed by atoms with van der Waals surface area (Å²) in [6, 6.07) is 13.7. The number of nitrogens with one attached hydrogen (secondary N) is 1. The quantitative estimate of drug-likeness (QED) is 0.633. The molecule has 0 radical (unpaired) electrons. The van der Waals surface area contributed by atoms with E-state index in [1.54, 1.807) is 31.4 Å². The molecule has 0 bridgehead atoms. The van der Waals surface area contributed by atoms with Crippen molar-refractivity contribution >= 4 is 16.9 Å². The van der Waals surface area contributed by atoms with Crippen molar-refractivity contribution in [2.75, 3.05) is 33.3 Å². The van der Waals surface area contributed by atoms with Crippen LogP contribution in [-0.2, 0) is 0 Å². The van der Waals surface area contributed by atoms with E-state index in [0.29, 0.717) is 34.6 Å². The van der Waals surface area contributed by atoms with Gasteiger partial charge in [0.2, 0.25) is 0 Å². The van der Waals surface area contributed by atoms with Crippen LogP contribution in [-0.4, -0.2) is 44.1 Å². The molecule has 0 saturated heterocycles. The molecule has 0 saturated carbocycles. The molecule has 6 heteroatoms. The summed E-state index contributed by atoms with van der Waals surface area (Å²) in [5.74, 6) is 0.797. The van der Waals surface area contributed by atoms with Crippen molar-refractivity contribution in [1.82, 2.24) is 10.2 Å². The number of likely N-dealkylation sites (N-methyl/N-ethyl adjacent to an activating group) is 1. The van der Waals surface area contributed by atoms with Crippen molar-refractivity contribution in [2.45, 2.75) is 13.8 Å². The second kappa shape index (κ2) is 9.39. The lowest BCUT2D eigenvalue weighted by Gasteiger charge is -2.18. The molecule has 3 aromatic rings. The van der Waals surface area contributed by atoms with Gasteiger partial charge in [-0.15, -0.1) is 0 Å². The van der Waals surface area contributed by atoms with E-state index < -0.39 is 0 Å². The van der Waals surface area contributed by atoms with Crippen LogP contribution in [0.1, 0.15) is 24.2 Å². The Morgan fingerprint density at radius 1 is 1.10 bits per heavy atom. The number of methoxy groups -OCH3 is 1. The Kier molecular flexibility index (Phi) is 6.67. The molecule has 29 heavy (non-hydrogen) atoms. The van der Waals surface area contributed by atoms with Gasteiger partial charge in [0, 0.05) is 24.7 Å². The Morgan fingerprint density at radius 3 is 2.59 bits per heavy atom. The molecule has 1 amide bonds. The molecule has 6 nitrogen and oxygen atoms in total. The number of hydrogen-bond acceptors (Lipinski definition) is 5. The molecule has 1 N–H and O–H groups in total. The van der Waals surface area contributed by atoms with Crippen LogP contribution in [0, 0.1) is 0 Å². The van der Waals surface area contributed by atoms with Crippen LogP contribution in [0.25, 0.3) is 22.3 Å². The van der Waals surface area contributed by atoms with Crippen molar-refractivity contribution in [1.29, 1.82) is 0 Å². The summed E-state index contributed by atoms with van der Waals surface area (Å²) in [5, 5.41) is 3.31. The van der Waals surface area contributed by atoms with Gasteiger partial charge in [0.05, 0.1) is 18.1 Å². The number of hydrogen-bond donors (Lipinski definition) is 1. The predicted molar refractivity (Wildman–Crippen MR) is 115 cm³/mol. The zero-order chi connectivity index (χ0) is 20.8. The predicted octanol–water partition coefficient (Wildman–Crippen LogP) is 3.54. The van der Waals surface area contributed by atoms with Crippen LogP contribution in [0.4, 0.5) is 0 Å². The lowest BCUT2D eigenvalue weighted by atomic mass is 10.1. The highest BCUT2D eigenvalue weighted by molar-refractivity contribution is 6.04. The van der Waals surface area contributed by atoms with E-state index >= 15 is 0 Å². The highest BCUT2D eigenvalue weighted by Gasteiger charge is 2.16. The minimum absolute atomic E-state index is 0.193. The Labute approximate surface area is 170 Å². The molecule has 152 valence electrons. The highest BCUT2D eigenvalue weighted by atomic mass is 16.5. The maximum atomic E-state index is 12.8. The number of nitrogens with zero attached hydrogens (tertiary/aromatic N) is 1. The number of carbonyl (C=O) groups is 1. The normalized spacial score (nSPS) is 11.0. The Hall–Kier alpha value is -3.12. The number of amides is 1. The summed E-state index contributed by atoms with van der Waals surface area (Å²) in [6.45, 7) is 7.33. The monoisotopic (exact) mass is 394 g/mol. The van der Waals surface area contributed by atoms with E-state index in [1.807, 2.05) is 18.2 Å². The van der Waals surface area contributed by atoms with Gasteiger partial charge in [0.25, 0.3) is 5.91 Å². The fourth-order valence-corrected chi connectivity index (χ4v) is 3.24. The summed E-state index contributed by atoms with van der Waals surface area (Å²) >= 11 is 0. The van der Waals surface area contributed by atoms with Gasteiger partial charge in [-0.25, -0.2) is 0 Å². The average molecular weight is 394 g/mol. The molecule has 0 fully saturated rings. The fraction of sp³-hybridized carbons (Fsp3) is 0.304. The van der Waals surface area contributed by atoms with Crippen LogP contribution < -0.4 is 15.5 Å². The smallest absolute Gasteiger partial charge is 0.255 e. The summed E-state index contributed by atoms with van der Waals surface area (Å²) in [4.78, 5) is 27.6. The second-order valence-corrected chi connectivity index (χ2v) is 6.67. The number of benzene rings is 2. The zero-order valence-corrected chi connectivity index (χ0v) is 17.0. The van der Waals surface area contributed by atoms with E-state index in [4.69, 9.17) is 9.15 Å². The minimum Gasteiger partial charge on any atom is -0.497 e. The minimum atomic E-state index is -0.256. The number of fused-ring (bicyclic) bond motifs is 1. The van der Waals surface area contributed by atoms with Crippen molar-refractivity contribution in [3.05, 3.63) is 64.3 Å². The first-order valence-electron chi connectivity index (χ1n) is 9.79. The third-order valence-corrected chi connectivity index (χ3v) is 4.96. The lowest BCUT2D eigenvalue weighted by molar-refractivity contribution is 0.0949. The molecule has 2 aromatic carbocycles. The van der Waals surface area contributed by atoms with Crippen LogP contribution in [0.3, 0.4) is 0 Å². The van der Waals surface area contributed by atoms with Crippen LogP contribution in [0.5, 0.6) is 5.75 Å². The van der Waals surface area contributed by atoms with E-state index in [1.165, 1.54) is 6.07 Å². The molecular weight excluding hydrogens is 368 g/mol. The van der Waals surface area contributed by atoms with Crippen molar-refractivity contribution in [2.24, 2.45) is 0 Å². The van der Waals surface area contributed by atoms with Gasteiger partial charge in [-0.1, -0.05) is 32.0 Å². The topological polar surface area (TPSA) is 71.8 Å². The first-order valence-corrected chi connectivity index (χ1v) is 9.79. The molecule has 1 aromatic heterocycles. The number of para-hydroxylation sites is 1. The third kappa shape index (κ3) is 4.66. The first-order chi connectivity index (χ1) is 14.1. The molecule has 3 rings (SSSR count). The maximum Gasteiger partial charge on any atom is 0.255 e. The summed E-state index contributed by atoms with van der Waals surface area (Å²) < 4.78 is 11.3. The van der Waals surface area contributed by atoms with Crippen LogP contribution >= 0.6 is 0 Å². The van der Waals surface area contributed by atoms with Crippen LogP contribution in [0.15, 0.2) is 57.7 Å². The average Bonchev–Trinajstić information content (AvgIpc) is 2.76. The Morgan fingerprint density at radius 2 is 1.86 bits per heavy atom. The molecule has 0 aliphatic rings. The molecule has 0 atom stereocenters. The van der Waals surface area contributed by atoms with Gasteiger partial charge >= 0.3 is 0 Å². The number of ether oxygens (including phenoxy) is 1. The SMILES string of the molecule is CCN(CC)CCNC(=O)c1cccc2c(=O)cc(-c3cccc(OC)c3)oc12. The molecule has 0 spiro atoms. The van der Waals surface area contributed by atoms with E-state index in [9.17, 15) is 9.59 Å². The van der Waals surface area contributed by atoms with Crippen LogP contribution in [0.2, 0.25) is 0 Å². The standard InChI is InChI=1S/C23H26N2O4/c1-4-25(5-2)13-12-24-23(27)19-11-7-10-18-20(26)15-21(29-22(18)19)16-8-6-9-17(14-16)28-3/h6-11,14-15H,4-5,12-13H2,1-3H3,(H,24,27). The summed E-state index contributed by atoms with van der Waals surface area (Å²) in [7, 11) is 1.58. The molecule has 0 aliphatic heterocycles. The number of carbonyl (C=O) groups excluding carboxylic acids is 1. The van der Waals surface area contributed by atoms with E-state index in [-0.39, 0.29) is 16.9 Å². The Bertz CT molecular complexity index is 1050. The zero-order valence-electron chi connectivity index (χ0n) is 17.0. The maximum absolute atomic E-state index is 12.8. The second-order valence-electron chi connectivity index (χ2n) is 6.67. The summed E-state index contributed by atoms with van der Waals surface area (Å²) in [6.07, 6.45) is 0. The summed E-state index contributed by atoms with van der Waals surface area (Å²) in [5.41, 5.74) is 1.16. The molecular formula is C23H26N2O4. The van der Waals surface area contributed by atoms with E-state index in [2.05, 4.69) is 24.1 Å². The van der Waals surface area contributed by atoms with E-state index in [0.717, 1.165) is 19.6 Å². The van der Waals surface area contributed by atoms with Gasteiger partial charge in [-0.05, 0) is 37.4 Å². The van der Waals surface area contributed by atoms with Gasteiger partial charge in [-0.2, -0.15) is 0 Å². The first kappa shape index (κ1) is 20.6. The molecule has 0 aliphatic carbocycles.